The molecule has 1 heterocycles. The molecule has 0 saturated heterocycles. The van der Waals surface area contributed by atoms with E-state index in [9.17, 15) is 9.90 Å². The molecular formula is C28H37NO4. The molecule has 0 aliphatic carbocycles. The van der Waals surface area contributed by atoms with Crippen LogP contribution < -0.4 is 15.0 Å². The Hall–Kier alpha value is -2.95. The SMILES string of the molecule is CCCCCCOc1c(OCc2ccccc2)c(=O)n(CCCCCC)c2cc(O)ccc12. The number of pyridine rings is 1. The van der Waals surface area contributed by atoms with E-state index in [1.54, 1.807) is 16.7 Å². The van der Waals surface area contributed by atoms with E-state index >= 15 is 0 Å². The lowest BCUT2D eigenvalue weighted by Gasteiger charge is -2.19. The molecule has 0 aliphatic heterocycles. The van der Waals surface area contributed by atoms with Crippen molar-refractivity contribution in [2.45, 2.75) is 78.4 Å². The highest BCUT2D eigenvalue weighted by molar-refractivity contribution is 5.89. The first-order valence-electron chi connectivity index (χ1n) is 12.3. The molecule has 2 aromatic carbocycles. The molecule has 0 aliphatic rings. The number of benzene rings is 2. The van der Waals surface area contributed by atoms with Crippen molar-refractivity contribution in [3.63, 3.8) is 0 Å². The van der Waals surface area contributed by atoms with Crippen molar-refractivity contribution in [1.29, 1.82) is 0 Å². The van der Waals surface area contributed by atoms with Gasteiger partial charge in [0.05, 0.1) is 12.1 Å². The zero-order valence-electron chi connectivity index (χ0n) is 20.0. The Morgan fingerprint density at radius 2 is 1.55 bits per heavy atom. The summed E-state index contributed by atoms with van der Waals surface area (Å²) < 4.78 is 14.0. The number of hydrogen-bond acceptors (Lipinski definition) is 4. The molecule has 0 amide bonds. The first-order chi connectivity index (χ1) is 16.2. The third-order valence-corrected chi connectivity index (χ3v) is 5.87. The molecule has 0 radical (unpaired) electrons. The largest absolute Gasteiger partial charge is 0.508 e. The van der Waals surface area contributed by atoms with Crippen molar-refractivity contribution in [2.24, 2.45) is 0 Å². The number of hydrogen-bond donors (Lipinski definition) is 1. The minimum absolute atomic E-state index is 0.135. The Bertz CT molecular complexity index is 1060. The first kappa shape index (κ1) is 24.7. The normalized spacial score (nSPS) is 11.1. The number of fused-ring (bicyclic) bond motifs is 1. The van der Waals surface area contributed by atoms with E-state index in [1.807, 2.05) is 36.4 Å². The van der Waals surface area contributed by atoms with Crippen molar-refractivity contribution < 1.29 is 14.6 Å². The molecular weight excluding hydrogens is 414 g/mol. The van der Waals surface area contributed by atoms with E-state index in [4.69, 9.17) is 9.47 Å². The summed E-state index contributed by atoms with van der Waals surface area (Å²) in [4.78, 5) is 13.6. The predicted molar refractivity (Wildman–Crippen MR) is 134 cm³/mol. The monoisotopic (exact) mass is 451 g/mol. The van der Waals surface area contributed by atoms with Crippen molar-refractivity contribution >= 4 is 10.9 Å². The van der Waals surface area contributed by atoms with E-state index in [0.717, 1.165) is 62.3 Å². The number of nitrogens with zero attached hydrogens (tertiary/aromatic N) is 1. The fourth-order valence-electron chi connectivity index (χ4n) is 4.01. The highest BCUT2D eigenvalue weighted by atomic mass is 16.5. The quantitative estimate of drug-likeness (QED) is 0.273. The maximum Gasteiger partial charge on any atom is 0.297 e. The van der Waals surface area contributed by atoms with Gasteiger partial charge in [-0.25, -0.2) is 0 Å². The van der Waals surface area contributed by atoms with E-state index < -0.39 is 0 Å². The topological polar surface area (TPSA) is 60.7 Å². The van der Waals surface area contributed by atoms with Crippen LogP contribution in [0.4, 0.5) is 0 Å². The highest BCUT2D eigenvalue weighted by Gasteiger charge is 2.20. The Morgan fingerprint density at radius 3 is 2.27 bits per heavy atom. The number of rotatable bonds is 14. The maximum atomic E-state index is 13.6. The summed E-state index contributed by atoms with van der Waals surface area (Å²) in [5.74, 6) is 0.867. The highest BCUT2D eigenvalue weighted by Crippen LogP contribution is 2.35. The molecule has 0 atom stereocenters. The molecule has 3 aromatic rings. The number of ether oxygens (including phenoxy) is 2. The molecule has 3 rings (SSSR count). The summed E-state index contributed by atoms with van der Waals surface area (Å²) in [6.45, 7) is 5.74. The number of phenolic OH excluding ortho intramolecular Hbond substituents is 1. The van der Waals surface area contributed by atoms with Crippen LogP contribution in [-0.4, -0.2) is 16.3 Å². The van der Waals surface area contributed by atoms with Crippen LogP contribution in [-0.2, 0) is 13.2 Å². The van der Waals surface area contributed by atoms with Crippen LogP contribution >= 0.6 is 0 Å². The van der Waals surface area contributed by atoms with E-state index in [1.165, 1.54) is 0 Å². The summed E-state index contributed by atoms with van der Waals surface area (Å²) in [6.07, 6.45) is 8.54. The molecule has 5 heteroatoms. The molecule has 0 unspecified atom stereocenters. The number of aryl methyl sites for hydroxylation is 1. The van der Waals surface area contributed by atoms with Gasteiger partial charge >= 0.3 is 0 Å². The van der Waals surface area contributed by atoms with Gasteiger partial charge in [0.25, 0.3) is 5.56 Å². The standard InChI is InChI=1S/C28H37NO4/c1-3-5-7-12-18-29-25-20-23(30)16-17-24(25)26(32-19-13-8-6-4-2)27(28(29)31)33-21-22-14-10-9-11-15-22/h9-11,14-17,20,30H,3-8,12-13,18-19,21H2,1-2H3. The zero-order valence-corrected chi connectivity index (χ0v) is 20.0. The Kier molecular flexibility index (Phi) is 9.67. The van der Waals surface area contributed by atoms with Crippen LogP contribution in [0.15, 0.2) is 53.3 Å². The lowest BCUT2D eigenvalue weighted by molar-refractivity contribution is 0.255. The summed E-state index contributed by atoms with van der Waals surface area (Å²) in [5, 5.41) is 10.9. The lowest BCUT2D eigenvalue weighted by atomic mass is 10.1. The maximum absolute atomic E-state index is 13.6. The molecule has 33 heavy (non-hydrogen) atoms. The van der Waals surface area contributed by atoms with Gasteiger partial charge in [-0.1, -0.05) is 82.7 Å². The number of aromatic nitrogens is 1. The van der Waals surface area contributed by atoms with E-state index in [2.05, 4.69) is 13.8 Å². The van der Waals surface area contributed by atoms with Crippen LogP contribution in [0, 0.1) is 0 Å². The Labute approximate surface area is 197 Å². The van der Waals surface area contributed by atoms with E-state index in [0.29, 0.717) is 31.0 Å². The second kappa shape index (κ2) is 12.9. The molecule has 0 fully saturated rings. The van der Waals surface area contributed by atoms with Crippen LogP contribution in [0.25, 0.3) is 10.9 Å². The molecule has 1 N–H and O–H groups in total. The van der Waals surface area contributed by atoms with Gasteiger partial charge in [0.15, 0.2) is 5.75 Å². The third kappa shape index (κ3) is 6.77. The van der Waals surface area contributed by atoms with Crippen LogP contribution in [0.5, 0.6) is 17.2 Å². The molecule has 5 nitrogen and oxygen atoms in total. The zero-order chi connectivity index (χ0) is 23.5. The second-order valence-corrected chi connectivity index (χ2v) is 8.56. The van der Waals surface area contributed by atoms with Gasteiger partial charge in [-0.2, -0.15) is 0 Å². The van der Waals surface area contributed by atoms with Gasteiger partial charge in [0.2, 0.25) is 5.75 Å². The molecule has 1 aromatic heterocycles. The van der Waals surface area contributed by atoms with Gasteiger partial charge in [-0.15, -0.1) is 0 Å². The van der Waals surface area contributed by atoms with Gasteiger partial charge < -0.3 is 19.1 Å². The van der Waals surface area contributed by atoms with Gasteiger partial charge in [0.1, 0.15) is 12.4 Å². The van der Waals surface area contributed by atoms with Crippen LogP contribution in [0.3, 0.4) is 0 Å². The smallest absolute Gasteiger partial charge is 0.297 e. The van der Waals surface area contributed by atoms with E-state index in [-0.39, 0.29) is 17.1 Å². The summed E-state index contributed by atoms with van der Waals surface area (Å²) >= 11 is 0. The third-order valence-electron chi connectivity index (χ3n) is 5.87. The second-order valence-electron chi connectivity index (χ2n) is 8.56. The average Bonchev–Trinajstić information content (AvgIpc) is 2.83. The molecule has 178 valence electrons. The van der Waals surface area contributed by atoms with Crippen LogP contribution in [0.1, 0.15) is 70.8 Å². The molecule has 0 saturated carbocycles. The lowest BCUT2D eigenvalue weighted by Crippen LogP contribution is -2.24. The summed E-state index contributed by atoms with van der Waals surface area (Å²) in [5.41, 5.74) is 1.47. The minimum atomic E-state index is -0.205. The van der Waals surface area contributed by atoms with Crippen molar-refractivity contribution in [3.05, 3.63) is 64.4 Å². The molecule has 0 bridgehead atoms. The minimum Gasteiger partial charge on any atom is -0.508 e. The van der Waals surface area contributed by atoms with Crippen LogP contribution in [0.2, 0.25) is 0 Å². The average molecular weight is 452 g/mol. The van der Waals surface area contributed by atoms with Gasteiger partial charge in [-0.05, 0) is 30.5 Å². The Morgan fingerprint density at radius 1 is 0.818 bits per heavy atom. The van der Waals surface area contributed by atoms with Gasteiger partial charge in [-0.3, -0.25) is 4.79 Å². The molecule has 0 spiro atoms. The van der Waals surface area contributed by atoms with Crippen molar-refractivity contribution in [1.82, 2.24) is 4.57 Å². The van der Waals surface area contributed by atoms with Crippen molar-refractivity contribution in [2.75, 3.05) is 6.61 Å². The number of unbranched alkanes of at least 4 members (excludes halogenated alkanes) is 6. The predicted octanol–water partition coefficient (Wildman–Crippen LogP) is 6.83. The first-order valence-corrected chi connectivity index (χ1v) is 12.3. The fourth-order valence-corrected chi connectivity index (χ4v) is 4.01. The van der Waals surface area contributed by atoms with Gasteiger partial charge in [0, 0.05) is 18.0 Å². The summed E-state index contributed by atoms with van der Waals surface area (Å²) in [7, 11) is 0. The Balaban J connectivity index is 1.99. The number of aromatic hydroxyl groups is 1. The fraction of sp³-hybridized carbons (Fsp3) is 0.464. The van der Waals surface area contributed by atoms with Crippen molar-refractivity contribution in [3.8, 4) is 17.2 Å². The number of phenols is 1. The summed E-state index contributed by atoms with van der Waals surface area (Å²) in [6, 6.07) is 14.9.